The molecule has 38 heavy (non-hydrogen) atoms. The highest BCUT2D eigenvalue weighted by Crippen LogP contribution is 2.37. The van der Waals surface area contributed by atoms with Crippen LogP contribution in [0.1, 0.15) is 31.9 Å². The Kier molecular flexibility index (Phi) is 7.34. The van der Waals surface area contributed by atoms with E-state index in [9.17, 15) is 24.3 Å². The molecule has 10 nitrogen and oxygen atoms in total. The summed E-state index contributed by atoms with van der Waals surface area (Å²) in [6, 6.07) is 11.9. The number of carboxylic acid groups (broad SMARTS) is 1. The van der Waals surface area contributed by atoms with Crippen molar-refractivity contribution in [3.05, 3.63) is 65.9 Å². The second kappa shape index (κ2) is 10.5. The molecule has 1 aliphatic heterocycles. The number of rotatable bonds is 5. The van der Waals surface area contributed by atoms with Gasteiger partial charge in [0.05, 0.1) is 29.5 Å². The molecular weight excluding hydrogens is 486 g/mol. The van der Waals surface area contributed by atoms with E-state index in [2.05, 4.69) is 10.3 Å². The maximum Gasteiger partial charge on any atom is 0.407 e. The van der Waals surface area contributed by atoms with Crippen LogP contribution in [0.15, 0.2) is 54.7 Å². The Morgan fingerprint density at radius 2 is 1.74 bits per heavy atom. The predicted octanol–water partition coefficient (Wildman–Crippen LogP) is 3.31. The van der Waals surface area contributed by atoms with Crippen LogP contribution in [0.25, 0.3) is 10.9 Å². The first-order valence-electron chi connectivity index (χ1n) is 12.3. The number of carbonyl (C=O) groups excluding carboxylic acids is 3. The largest absolute Gasteiger partial charge is 0.465 e. The highest BCUT2D eigenvalue weighted by molar-refractivity contribution is 6.08. The SMILES string of the molecule is CC(=O)N1c2ccccc2N(Cc2c(C)cnc3ccccc23)C(=O)[C@@H](NC(=O)[C@H](C)N(C)C(=O)O)[C@@H]1C. The van der Waals surface area contributed by atoms with Crippen molar-refractivity contribution >= 4 is 46.1 Å². The predicted molar refractivity (Wildman–Crippen MR) is 144 cm³/mol. The lowest BCUT2D eigenvalue weighted by atomic mass is 10.0. The molecule has 2 heterocycles. The smallest absolute Gasteiger partial charge is 0.407 e. The van der Waals surface area contributed by atoms with Crippen LogP contribution in [0, 0.1) is 6.92 Å². The summed E-state index contributed by atoms with van der Waals surface area (Å²) < 4.78 is 0. The zero-order valence-electron chi connectivity index (χ0n) is 22.0. The number of amides is 4. The minimum Gasteiger partial charge on any atom is -0.465 e. The summed E-state index contributed by atoms with van der Waals surface area (Å²) in [6.07, 6.45) is 0.492. The second-order valence-corrected chi connectivity index (χ2v) is 9.54. The molecule has 0 saturated heterocycles. The Morgan fingerprint density at radius 1 is 1.11 bits per heavy atom. The van der Waals surface area contributed by atoms with Gasteiger partial charge in [0, 0.05) is 25.6 Å². The molecule has 1 aliphatic rings. The van der Waals surface area contributed by atoms with Gasteiger partial charge in [-0.1, -0.05) is 30.3 Å². The lowest BCUT2D eigenvalue weighted by molar-refractivity contribution is -0.130. The van der Waals surface area contributed by atoms with E-state index in [1.165, 1.54) is 25.8 Å². The normalized spacial score (nSPS) is 18.0. The molecule has 4 rings (SSSR count). The Hall–Kier alpha value is -4.47. The average Bonchev–Trinajstić information content (AvgIpc) is 2.97. The number of para-hydroxylation sites is 3. The summed E-state index contributed by atoms with van der Waals surface area (Å²) in [7, 11) is 1.28. The van der Waals surface area contributed by atoms with Crippen LogP contribution in [0.5, 0.6) is 0 Å². The Morgan fingerprint density at radius 3 is 2.39 bits per heavy atom. The van der Waals surface area contributed by atoms with Gasteiger partial charge in [-0.3, -0.25) is 24.3 Å². The van der Waals surface area contributed by atoms with Crippen LogP contribution in [0.2, 0.25) is 0 Å². The fraction of sp³-hybridized carbons (Fsp3) is 0.321. The van der Waals surface area contributed by atoms with Crippen molar-refractivity contribution in [2.75, 3.05) is 16.8 Å². The maximum absolute atomic E-state index is 14.2. The minimum absolute atomic E-state index is 0.181. The number of benzene rings is 2. The summed E-state index contributed by atoms with van der Waals surface area (Å²) in [4.78, 5) is 60.1. The molecule has 0 bridgehead atoms. The summed E-state index contributed by atoms with van der Waals surface area (Å²) in [5.74, 6) is -1.34. The number of likely N-dealkylation sites (N-methyl/N-ethyl adjacent to an activating group) is 1. The molecule has 0 fully saturated rings. The zero-order valence-corrected chi connectivity index (χ0v) is 22.0. The molecule has 0 spiro atoms. The van der Waals surface area contributed by atoms with Gasteiger partial charge in [-0.15, -0.1) is 0 Å². The summed E-state index contributed by atoms with van der Waals surface area (Å²) in [5.41, 5.74) is 3.66. The van der Waals surface area contributed by atoms with Gasteiger partial charge in [0.1, 0.15) is 12.1 Å². The zero-order chi connectivity index (χ0) is 27.7. The second-order valence-electron chi connectivity index (χ2n) is 9.54. The van der Waals surface area contributed by atoms with Crippen LogP contribution in [0.4, 0.5) is 16.2 Å². The fourth-order valence-corrected chi connectivity index (χ4v) is 4.84. The summed E-state index contributed by atoms with van der Waals surface area (Å²) in [6.45, 7) is 6.66. The van der Waals surface area contributed by atoms with Gasteiger partial charge >= 0.3 is 6.09 Å². The van der Waals surface area contributed by atoms with E-state index in [-0.39, 0.29) is 12.5 Å². The summed E-state index contributed by atoms with van der Waals surface area (Å²) in [5, 5.41) is 13.0. The average molecular weight is 518 g/mol. The highest BCUT2D eigenvalue weighted by atomic mass is 16.4. The third kappa shape index (κ3) is 4.77. The number of nitrogens with one attached hydrogen (secondary N) is 1. The first-order valence-corrected chi connectivity index (χ1v) is 12.3. The van der Waals surface area contributed by atoms with Gasteiger partial charge in [0.25, 0.3) is 5.91 Å². The monoisotopic (exact) mass is 517 g/mol. The molecule has 0 unspecified atom stereocenters. The molecule has 0 aliphatic carbocycles. The number of nitrogens with zero attached hydrogens (tertiary/aromatic N) is 4. The van der Waals surface area contributed by atoms with E-state index in [4.69, 9.17) is 0 Å². The Balaban J connectivity index is 1.83. The van der Waals surface area contributed by atoms with Crippen molar-refractivity contribution in [1.29, 1.82) is 0 Å². The van der Waals surface area contributed by atoms with Gasteiger partial charge in [-0.2, -0.15) is 0 Å². The van der Waals surface area contributed by atoms with E-state index in [1.807, 2.05) is 31.2 Å². The molecule has 2 aromatic carbocycles. The molecule has 4 amide bonds. The van der Waals surface area contributed by atoms with Crippen LogP contribution >= 0.6 is 0 Å². The number of fused-ring (bicyclic) bond motifs is 2. The van der Waals surface area contributed by atoms with Crippen molar-refractivity contribution in [1.82, 2.24) is 15.2 Å². The van der Waals surface area contributed by atoms with E-state index >= 15 is 0 Å². The van der Waals surface area contributed by atoms with Crippen LogP contribution in [0.3, 0.4) is 0 Å². The van der Waals surface area contributed by atoms with Gasteiger partial charge in [-0.05, 0) is 50.1 Å². The lowest BCUT2D eigenvalue weighted by Gasteiger charge is -2.32. The Labute approximate surface area is 220 Å². The van der Waals surface area contributed by atoms with Crippen molar-refractivity contribution < 1.29 is 24.3 Å². The van der Waals surface area contributed by atoms with E-state index in [1.54, 1.807) is 42.3 Å². The first-order chi connectivity index (χ1) is 18.0. The lowest BCUT2D eigenvalue weighted by Crippen LogP contribution is -2.60. The molecule has 3 aromatic rings. The first kappa shape index (κ1) is 26.6. The number of pyridine rings is 1. The number of anilines is 2. The van der Waals surface area contributed by atoms with Crippen molar-refractivity contribution in [2.45, 2.75) is 52.4 Å². The van der Waals surface area contributed by atoms with Crippen molar-refractivity contribution in [3.63, 3.8) is 0 Å². The minimum atomic E-state index is -1.27. The van der Waals surface area contributed by atoms with Crippen molar-refractivity contribution in [3.8, 4) is 0 Å². The number of carbonyl (C=O) groups is 4. The molecule has 10 heteroatoms. The molecule has 198 valence electrons. The summed E-state index contributed by atoms with van der Waals surface area (Å²) >= 11 is 0. The quantitative estimate of drug-likeness (QED) is 0.535. The third-order valence-corrected chi connectivity index (χ3v) is 7.17. The van der Waals surface area contributed by atoms with E-state index < -0.39 is 36.0 Å². The Bertz CT molecular complexity index is 1420. The van der Waals surface area contributed by atoms with Gasteiger partial charge in [0.2, 0.25) is 11.8 Å². The molecule has 3 atom stereocenters. The van der Waals surface area contributed by atoms with Crippen molar-refractivity contribution in [2.24, 2.45) is 0 Å². The number of aromatic nitrogens is 1. The van der Waals surface area contributed by atoms with Crippen LogP contribution in [-0.2, 0) is 20.9 Å². The van der Waals surface area contributed by atoms with Crippen LogP contribution < -0.4 is 15.1 Å². The molecule has 1 aromatic heterocycles. The molecule has 2 N–H and O–H groups in total. The van der Waals surface area contributed by atoms with E-state index in [0.29, 0.717) is 11.4 Å². The number of hydrogen-bond acceptors (Lipinski definition) is 5. The van der Waals surface area contributed by atoms with Gasteiger partial charge in [0.15, 0.2) is 0 Å². The third-order valence-electron chi connectivity index (χ3n) is 7.17. The maximum atomic E-state index is 14.2. The standard InChI is InChI=1S/C28H31N5O5/c1-16-14-29-22-11-7-6-10-20(22)21(16)15-32-23-12-8-9-13-24(23)33(19(4)34)17(2)25(27(32)36)30-26(35)18(3)31(5)28(37)38/h6-14,17-18,25H,15H2,1-5H3,(H,30,35)(H,37,38)/t17-,18-,25-/m0/s1. The molecular formula is C28H31N5O5. The van der Waals surface area contributed by atoms with E-state index in [0.717, 1.165) is 26.9 Å². The van der Waals surface area contributed by atoms with Crippen LogP contribution in [-0.4, -0.2) is 64.0 Å². The topological polar surface area (TPSA) is 123 Å². The highest BCUT2D eigenvalue weighted by Gasteiger charge is 2.42. The molecule has 0 radical (unpaired) electrons. The fourth-order valence-electron chi connectivity index (χ4n) is 4.84. The number of aryl methyl sites for hydroxylation is 1. The number of hydrogen-bond donors (Lipinski definition) is 2. The van der Waals surface area contributed by atoms with Gasteiger partial charge in [-0.25, -0.2) is 4.79 Å². The van der Waals surface area contributed by atoms with Gasteiger partial charge < -0.3 is 20.2 Å². The molecule has 0 saturated carbocycles.